The van der Waals surface area contributed by atoms with E-state index in [1.165, 1.54) is 12.1 Å². The van der Waals surface area contributed by atoms with Crippen molar-refractivity contribution in [3.05, 3.63) is 53.6 Å². The molecular formula is C17H14F2N2O5S. The number of nitrogens with one attached hydrogen (secondary N) is 2. The summed E-state index contributed by atoms with van der Waals surface area (Å²) in [5, 5.41) is 2.53. The van der Waals surface area contributed by atoms with Gasteiger partial charge < -0.3 is 10.1 Å². The Morgan fingerprint density at radius 3 is 2.63 bits per heavy atom. The number of ether oxygens (including phenoxy) is 1. The highest BCUT2D eigenvalue weighted by Crippen LogP contribution is 2.32. The number of anilines is 1. The zero-order valence-electron chi connectivity index (χ0n) is 14.0. The zero-order chi connectivity index (χ0) is 19.8. The Hall–Kier alpha value is -3.01. The van der Waals surface area contributed by atoms with Gasteiger partial charge in [-0.2, -0.15) is 0 Å². The van der Waals surface area contributed by atoms with Crippen LogP contribution in [0.4, 0.5) is 14.5 Å². The maximum Gasteiger partial charge on any atom is 0.267 e. The van der Waals surface area contributed by atoms with Crippen LogP contribution in [0.15, 0.2) is 41.3 Å². The molecule has 0 unspecified atom stereocenters. The molecule has 0 radical (unpaired) electrons. The molecule has 2 amide bonds. The largest absolute Gasteiger partial charge is 0.478 e. The van der Waals surface area contributed by atoms with Gasteiger partial charge in [-0.05, 0) is 36.8 Å². The highest BCUT2D eigenvalue weighted by atomic mass is 32.2. The van der Waals surface area contributed by atoms with E-state index in [9.17, 15) is 26.8 Å². The van der Waals surface area contributed by atoms with E-state index >= 15 is 0 Å². The van der Waals surface area contributed by atoms with E-state index in [-0.39, 0.29) is 16.3 Å². The number of carbonyl (C=O) groups excluding carboxylic acids is 2. The summed E-state index contributed by atoms with van der Waals surface area (Å²) in [6.07, 6.45) is -0.244. The lowest BCUT2D eigenvalue weighted by molar-refractivity contribution is -0.123. The van der Waals surface area contributed by atoms with Crippen LogP contribution in [0, 0.1) is 11.6 Å². The quantitative estimate of drug-likeness (QED) is 0.825. The van der Waals surface area contributed by atoms with Crippen LogP contribution in [0.5, 0.6) is 5.75 Å². The van der Waals surface area contributed by atoms with E-state index in [0.717, 1.165) is 18.2 Å². The van der Waals surface area contributed by atoms with Crippen LogP contribution in [0.1, 0.15) is 23.7 Å². The first kappa shape index (κ1) is 18.8. The summed E-state index contributed by atoms with van der Waals surface area (Å²) in [7, 11) is -4.37. The van der Waals surface area contributed by atoms with E-state index in [4.69, 9.17) is 4.74 Å². The minimum absolute atomic E-state index is 0.132. The number of sulfonamides is 1. The van der Waals surface area contributed by atoms with Gasteiger partial charge in [0.2, 0.25) is 0 Å². The third-order valence-electron chi connectivity index (χ3n) is 3.85. The molecule has 0 saturated carbocycles. The van der Waals surface area contributed by atoms with Gasteiger partial charge in [0.25, 0.3) is 21.8 Å². The van der Waals surface area contributed by atoms with Crippen LogP contribution < -0.4 is 14.8 Å². The van der Waals surface area contributed by atoms with Crippen molar-refractivity contribution in [3.8, 4) is 5.75 Å². The Kier molecular flexibility index (Phi) is 4.83. The Morgan fingerprint density at radius 2 is 1.96 bits per heavy atom. The minimum Gasteiger partial charge on any atom is -0.478 e. The molecule has 2 aromatic rings. The van der Waals surface area contributed by atoms with Crippen molar-refractivity contribution in [3.63, 3.8) is 0 Å². The van der Waals surface area contributed by atoms with Crippen LogP contribution >= 0.6 is 0 Å². The van der Waals surface area contributed by atoms with Crippen molar-refractivity contribution in [1.29, 1.82) is 0 Å². The summed E-state index contributed by atoms with van der Waals surface area (Å²) < 4.78 is 58.5. The van der Waals surface area contributed by atoms with Crippen molar-refractivity contribution in [2.75, 3.05) is 5.32 Å². The van der Waals surface area contributed by atoms with Crippen LogP contribution in [-0.4, -0.2) is 26.3 Å². The number of fused-ring (bicyclic) bond motifs is 1. The zero-order valence-corrected chi connectivity index (χ0v) is 14.8. The normalized spacial score (nSPS) is 16.1. The standard InChI is InChI=1S/C17H14F2N2O5S/c1-2-14-17(23)20-13-8-10(4-6-15(13)26-14)27(24,25)21-16(22)11-5-3-9(18)7-12(11)19/h3-8,14H,2H2,1H3,(H,20,23)(H,21,22)/t14-/m0/s1. The smallest absolute Gasteiger partial charge is 0.267 e. The first-order chi connectivity index (χ1) is 12.7. The predicted molar refractivity (Wildman–Crippen MR) is 90.8 cm³/mol. The first-order valence-corrected chi connectivity index (χ1v) is 9.33. The molecule has 27 heavy (non-hydrogen) atoms. The average molecular weight is 396 g/mol. The van der Waals surface area contributed by atoms with Crippen LogP contribution in [0.2, 0.25) is 0 Å². The summed E-state index contributed by atoms with van der Waals surface area (Å²) in [6.45, 7) is 1.76. The summed E-state index contributed by atoms with van der Waals surface area (Å²) in [5.74, 6) is -3.48. The fourth-order valence-corrected chi connectivity index (χ4v) is 3.47. The second-order valence-corrected chi connectivity index (χ2v) is 7.40. The Balaban J connectivity index is 1.86. The number of benzene rings is 2. The number of hydrogen-bond acceptors (Lipinski definition) is 5. The minimum atomic E-state index is -4.37. The van der Waals surface area contributed by atoms with E-state index in [0.29, 0.717) is 12.5 Å². The Labute approximate surface area is 153 Å². The maximum atomic E-state index is 13.7. The molecule has 1 aliphatic heterocycles. The molecule has 0 saturated heterocycles. The van der Waals surface area contributed by atoms with Crippen LogP contribution in [0.3, 0.4) is 0 Å². The lowest BCUT2D eigenvalue weighted by atomic mass is 10.2. The molecule has 2 N–H and O–H groups in total. The summed E-state index contributed by atoms with van der Waals surface area (Å²) in [6, 6.07) is 5.78. The first-order valence-electron chi connectivity index (χ1n) is 7.85. The third-order valence-corrected chi connectivity index (χ3v) is 5.18. The molecule has 0 spiro atoms. The fraction of sp³-hybridized carbons (Fsp3) is 0.176. The van der Waals surface area contributed by atoms with Gasteiger partial charge in [0.15, 0.2) is 6.10 Å². The molecule has 1 aliphatic rings. The highest BCUT2D eigenvalue weighted by molar-refractivity contribution is 7.90. The second kappa shape index (κ2) is 6.95. The topological polar surface area (TPSA) is 102 Å². The van der Waals surface area contributed by atoms with Gasteiger partial charge in [-0.3, -0.25) is 9.59 Å². The molecular weight excluding hydrogens is 382 g/mol. The van der Waals surface area contributed by atoms with Gasteiger partial charge in [-0.15, -0.1) is 0 Å². The van der Waals surface area contributed by atoms with Crippen LogP contribution in [0.25, 0.3) is 0 Å². The van der Waals surface area contributed by atoms with Crippen molar-refractivity contribution in [2.45, 2.75) is 24.3 Å². The van der Waals surface area contributed by atoms with E-state index in [1.54, 1.807) is 11.6 Å². The van der Waals surface area contributed by atoms with Crippen LogP contribution in [-0.2, 0) is 14.8 Å². The fourth-order valence-electron chi connectivity index (χ4n) is 2.47. The number of amides is 2. The monoisotopic (exact) mass is 396 g/mol. The van der Waals surface area contributed by atoms with Gasteiger partial charge in [-0.25, -0.2) is 21.9 Å². The molecule has 142 valence electrons. The number of carbonyl (C=O) groups is 2. The van der Waals surface area contributed by atoms with Gasteiger partial charge >= 0.3 is 0 Å². The maximum absolute atomic E-state index is 13.7. The third kappa shape index (κ3) is 3.75. The molecule has 1 heterocycles. The molecule has 0 aliphatic carbocycles. The van der Waals surface area contributed by atoms with Gasteiger partial charge in [0.1, 0.15) is 17.4 Å². The van der Waals surface area contributed by atoms with Gasteiger partial charge in [0, 0.05) is 6.07 Å². The number of rotatable bonds is 4. The summed E-state index contributed by atoms with van der Waals surface area (Å²) >= 11 is 0. The second-order valence-electron chi connectivity index (χ2n) is 5.72. The molecule has 1 atom stereocenters. The molecule has 2 aromatic carbocycles. The lowest BCUT2D eigenvalue weighted by Crippen LogP contribution is -2.36. The van der Waals surface area contributed by atoms with Gasteiger partial charge in [-0.1, -0.05) is 6.92 Å². The molecule has 0 fully saturated rings. The molecule has 0 bridgehead atoms. The van der Waals surface area contributed by atoms with Gasteiger partial charge in [0.05, 0.1) is 16.1 Å². The van der Waals surface area contributed by atoms with Crippen molar-refractivity contribution >= 4 is 27.5 Å². The van der Waals surface area contributed by atoms with E-state index in [2.05, 4.69) is 5.32 Å². The number of hydrogen-bond donors (Lipinski definition) is 2. The number of halogens is 2. The Morgan fingerprint density at radius 1 is 1.22 bits per heavy atom. The lowest BCUT2D eigenvalue weighted by Gasteiger charge is -2.25. The van der Waals surface area contributed by atoms with Crippen molar-refractivity contribution in [2.24, 2.45) is 0 Å². The van der Waals surface area contributed by atoms with E-state index in [1.807, 2.05) is 0 Å². The van der Waals surface area contributed by atoms with Crippen molar-refractivity contribution < 1.29 is 31.5 Å². The Bertz CT molecular complexity index is 1040. The highest BCUT2D eigenvalue weighted by Gasteiger charge is 2.28. The molecule has 3 rings (SSSR count). The predicted octanol–water partition coefficient (Wildman–Crippen LogP) is 2.19. The summed E-state index contributed by atoms with van der Waals surface area (Å²) in [4.78, 5) is 23.6. The average Bonchev–Trinajstić information content (AvgIpc) is 2.60. The summed E-state index contributed by atoms with van der Waals surface area (Å²) in [5.41, 5.74) is -0.492. The SMILES string of the molecule is CC[C@@H]1Oc2ccc(S(=O)(=O)NC(=O)c3ccc(F)cc3F)cc2NC1=O. The molecule has 10 heteroatoms. The van der Waals surface area contributed by atoms with Crippen molar-refractivity contribution in [1.82, 2.24) is 4.72 Å². The van der Waals surface area contributed by atoms with E-state index < -0.39 is 45.1 Å². The molecule has 0 aromatic heterocycles. The molecule has 7 nitrogen and oxygen atoms in total.